The number of aromatic nitrogens is 2. The van der Waals surface area contributed by atoms with Gasteiger partial charge in [0.25, 0.3) is 0 Å². The molecule has 8 nitrogen and oxygen atoms in total. The van der Waals surface area contributed by atoms with Crippen molar-refractivity contribution in [3.8, 4) is 10.6 Å². The van der Waals surface area contributed by atoms with Crippen LogP contribution in [-0.2, 0) is 0 Å². The topological polar surface area (TPSA) is 84.8 Å². The molecule has 1 unspecified atom stereocenters. The highest BCUT2D eigenvalue weighted by Crippen LogP contribution is 2.25. The van der Waals surface area contributed by atoms with E-state index in [1.807, 2.05) is 30.3 Å². The predicted octanol–water partition coefficient (Wildman–Crippen LogP) is 1.28. The molecule has 9 heteroatoms. The minimum atomic E-state index is -0.585. The van der Waals surface area contributed by atoms with Crippen molar-refractivity contribution in [3.05, 3.63) is 30.3 Å². The van der Waals surface area contributed by atoms with Crippen LogP contribution in [0.1, 0.15) is 0 Å². The Morgan fingerprint density at radius 2 is 1.96 bits per heavy atom. The molecule has 0 radical (unpaired) electrons. The van der Waals surface area contributed by atoms with E-state index in [1.165, 1.54) is 16.2 Å². The summed E-state index contributed by atoms with van der Waals surface area (Å²) in [7, 11) is 3.77. The van der Waals surface area contributed by atoms with Crippen LogP contribution in [0.4, 0.5) is 9.93 Å². The third kappa shape index (κ3) is 5.70. The molecule has 27 heavy (non-hydrogen) atoms. The minimum absolute atomic E-state index is 0.266. The Balaban J connectivity index is 1.47. The number of β-amino-alcohol motifs (C(OH)–C–C–N with tert-alkyl or cyclic N) is 1. The Bertz CT molecular complexity index is 732. The zero-order valence-corrected chi connectivity index (χ0v) is 16.5. The summed E-state index contributed by atoms with van der Waals surface area (Å²) in [6.45, 7) is 4.73. The highest BCUT2D eigenvalue weighted by Gasteiger charge is 2.20. The molecule has 1 aliphatic heterocycles. The van der Waals surface area contributed by atoms with Gasteiger partial charge in [0.1, 0.15) is 5.01 Å². The molecule has 1 fully saturated rings. The second kappa shape index (κ2) is 9.23. The molecular weight excluding hydrogens is 364 g/mol. The number of hydrogen-bond acceptors (Lipinski definition) is 7. The first-order valence-corrected chi connectivity index (χ1v) is 9.83. The van der Waals surface area contributed by atoms with Crippen LogP contribution in [0.5, 0.6) is 0 Å². The van der Waals surface area contributed by atoms with Crippen LogP contribution in [0, 0.1) is 0 Å². The van der Waals surface area contributed by atoms with Crippen LogP contribution >= 0.6 is 11.3 Å². The fourth-order valence-electron chi connectivity index (χ4n) is 2.94. The maximum Gasteiger partial charge on any atom is 0.323 e. The normalized spacial score (nSPS) is 16.9. The molecule has 1 atom stereocenters. The number of aliphatic hydroxyl groups excluding tert-OH is 1. The first-order chi connectivity index (χ1) is 13.0. The summed E-state index contributed by atoms with van der Waals surface area (Å²) in [4.78, 5) is 18.3. The predicted molar refractivity (Wildman–Crippen MR) is 107 cm³/mol. The fraction of sp³-hybridized carbons (Fsp3) is 0.500. The SMILES string of the molecule is CN1CCN(CC(O)CN(C)C(=O)Nc2nnc(-c3ccccc3)s2)CC1. The van der Waals surface area contributed by atoms with Crippen LogP contribution in [0.15, 0.2) is 30.3 Å². The summed E-state index contributed by atoms with van der Waals surface area (Å²) in [5, 5.41) is 22.4. The number of benzene rings is 1. The van der Waals surface area contributed by atoms with Crippen molar-refractivity contribution in [3.63, 3.8) is 0 Å². The molecule has 1 saturated heterocycles. The lowest BCUT2D eigenvalue weighted by atomic mass is 10.2. The van der Waals surface area contributed by atoms with Gasteiger partial charge in [0.15, 0.2) is 0 Å². The maximum absolute atomic E-state index is 12.4. The number of hydrogen-bond donors (Lipinski definition) is 2. The Hall–Kier alpha value is -2.07. The zero-order valence-electron chi connectivity index (χ0n) is 15.7. The van der Waals surface area contributed by atoms with E-state index >= 15 is 0 Å². The molecule has 0 bridgehead atoms. The number of nitrogens with zero attached hydrogens (tertiary/aromatic N) is 5. The van der Waals surface area contributed by atoms with Gasteiger partial charge in [-0.1, -0.05) is 41.7 Å². The Morgan fingerprint density at radius 1 is 1.26 bits per heavy atom. The molecule has 2 N–H and O–H groups in total. The van der Waals surface area contributed by atoms with E-state index in [0.717, 1.165) is 36.8 Å². The molecule has 0 saturated carbocycles. The van der Waals surface area contributed by atoms with Gasteiger partial charge in [0, 0.05) is 51.9 Å². The maximum atomic E-state index is 12.4. The van der Waals surface area contributed by atoms with Gasteiger partial charge < -0.3 is 14.9 Å². The standard InChI is InChI=1S/C18H26N6O2S/c1-22-8-10-24(11-9-22)13-15(25)12-23(2)18(26)19-17-21-20-16(27-17)14-6-4-3-5-7-14/h3-7,15,25H,8-13H2,1-2H3,(H,19,21,26). The third-order valence-electron chi connectivity index (χ3n) is 4.56. The summed E-state index contributed by atoms with van der Waals surface area (Å²) in [6, 6.07) is 9.41. The van der Waals surface area contributed by atoms with Crippen molar-refractivity contribution < 1.29 is 9.90 Å². The number of nitrogens with one attached hydrogen (secondary N) is 1. The molecule has 2 amide bonds. The number of likely N-dealkylation sites (N-methyl/N-ethyl adjacent to an activating group) is 2. The Labute approximate surface area is 163 Å². The number of carbonyl (C=O) groups is 1. The van der Waals surface area contributed by atoms with Gasteiger partial charge in [0.05, 0.1) is 6.10 Å². The average Bonchev–Trinajstić information content (AvgIpc) is 3.12. The largest absolute Gasteiger partial charge is 0.390 e. The van der Waals surface area contributed by atoms with E-state index in [0.29, 0.717) is 11.7 Å². The van der Waals surface area contributed by atoms with E-state index in [-0.39, 0.29) is 12.6 Å². The molecule has 2 aromatic rings. The summed E-state index contributed by atoms with van der Waals surface area (Å²) >= 11 is 1.32. The molecular formula is C18H26N6O2S. The van der Waals surface area contributed by atoms with Crippen LogP contribution in [0.3, 0.4) is 0 Å². The fourth-order valence-corrected chi connectivity index (χ4v) is 3.68. The third-order valence-corrected chi connectivity index (χ3v) is 5.44. The van der Waals surface area contributed by atoms with Crippen molar-refractivity contribution in [1.29, 1.82) is 0 Å². The van der Waals surface area contributed by atoms with Crippen molar-refractivity contribution in [2.24, 2.45) is 0 Å². The molecule has 146 valence electrons. The van der Waals surface area contributed by atoms with E-state index in [2.05, 4.69) is 32.4 Å². The molecule has 2 heterocycles. The van der Waals surface area contributed by atoms with Crippen molar-refractivity contribution in [2.75, 3.05) is 58.7 Å². The van der Waals surface area contributed by atoms with E-state index in [4.69, 9.17) is 0 Å². The van der Waals surface area contributed by atoms with Gasteiger partial charge in [-0.2, -0.15) is 0 Å². The van der Waals surface area contributed by atoms with Crippen molar-refractivity contribution in [1.82, 2.24) is 24.9 Å². The molecule has 1 aromatic heterocycles. The summed E-state index contributed by atoms with van der Waals surface area (Å²) < 4.78 is 0. The van der Waals surface area contributed by atoms with E-state index in [9.17, 15) is 9.90 Å². The van der Waals surface area contributed by atoms with Gasteiger partial charge >= 0.3 is 6.03 Å². The first-order valence-electron chi connectivity index (χ1n) is 9.01. The second-order valence-electron chi connectivity index (χ2n) is 6.85. The van der Waals surface area contributed by atoms with Gasteiger partial charge in [-0.05, 0) is 7.05 Å². The molecule has 3 rings (SSSR count). The average molecular weight is 391 g/mol. The summed E-state index contributed by atoms with van der Waals surface area (Å²) in [5.74, 6) is 0. The highest BCUT2D eigenvalue weighted by atomic mass is 32.1. The molecule has 1 aromatic carbocycles. The number of piperazine rings is 1. The van der Waals surface area contributed by atoms with Crippen molar-refractivity contribution in [2.45, 2.75) is 6.10 Å². The minimum Gasteiger partial charge on any atom is -0.390 e. The van der Waals surface area contributed by atoms with Crippen LogP contribution in [0.2, 0.25) is 0 Å². The lowest BCUT2D eigenvalue weighted by molar-refractivity contribution is 0.0670. The number of rotatable bonds is 6. The van der Waals surface area contributed by atoms with Crippen molar-refractivity contribution >= 4 is 22.5 Å². The monoisotopic (exact) mass is 390 g/mol. The lowest BCUT2D eigenvalue weighted by Crippen LogP contribution is -2.49. The smallest absolute Gasteiger partial charge is 0.323 e. The first kappa shape index (κ1) is 19.7. The van der Waals surface area contributed by atoms with Gasteiger partial charge in [-0.25, -0.2) is 4.79 Å². The van der Waals surface area contributed by atoms with E-state index in [1.54, 1.807) is 7.05 Å². The number of anilines is 1. The molecule has 1 aliphatic rings. The quantitative estimate of drug-likeness (QED) is 0.773. The number of urea groups is 1. The summed E-state index contributed by atoms with van der Waals surface area (Å²) in [6.07, 6.45) is -0.585. The molecule has 0 spiro atoms. The Kier molecular flexibility index (Phi) is 6.73. The zero-order chi connectivity index (χ0) is 19.2. The molecule has 0 aliphatic carbocycles. The number of amides is 2. The van der Waals surface area contributed by atoms with Gasteiger partial charge in [-0.3, -0.25) is 10.2 Å². The van der Waals surface area contributed by atoms with Gasteiger partial charge in [0.2, 0.25) is 5.13 Å². The number of carbonyl (C=O) groups excluding carboxylic acids is 1. The van der Waals surface area contributed by atoms with Crippen LogP contribution in [-0.4, -0.2) is 95.5 Å². The highest BCUT2D eigenvalue weighted by molar-refractivity contribution is 7.18. The second-order valence-corrected chi connectivity index (χ2v) is 7.82. The van der Waals surface area contributed by atoms with Crippen LogP contribution < -0.4 is 5.32 Å². The lowest BCUT2D eigenvalue weighted by Gasteiger charge is -2.34. The van der Waals surface area contributed by atoms with Gasteiger partial charge in [-0.15, -0.1) is 10.2 Å². The number of aliphatic hydroxyl groups is 1. The van der Waals surface area contributed by atoms with E-state index < -0.39 is 6.10 Å². The summed E-state index contributed by atoms with van der Waals surface area (Å²) in [5.41, 5.74) is 0.964. The Morgan fingerprint density at radius 3 is 2.67 bits per heavy atom. The van der Waals surface area contributed by atoms with Crippen LogP contribution in [0.25, 0.3) is 10.6 Å².